The van der Waals surface area contributed by atoms with Crippen molar-refractivity contribution in [2.75, 3.05) is 13.7 Å². The molecular weight excluding hydrogens is 304 g/mol. The lowest BCUT2D eigenvalue weighted by Crippen LogP contribution is -2.39. The van der Waals surface area contributed by atoms with Gasteiger partial charge in [0.25, 0.3) is 0 Å². The van der Waals surface area contributed by atoms with Gasteiger partial charge in [0.15, 0.2) is 0 Å². The summed E-state index contributed by atoms with van der Waals surface area (Å²) in [5.74, 6) is 0.0161. The number of carbonyl (C=O) groups is 1. The zero-order valence-electron chi connectivity index (χ0n) is 14.0. The number of ether oxygens (including phenoxy) is 1. The quantitative estimate of drug-likeness (QED) is 0.915. The van der Waals surface area contributed by atoms with Crippen molar-refractivity contribution in [1.29, 1.82) is 0 Å². The van der Waals surface area contributed by atoms with Crippen LogP contribution in [0.2, 0.25) is 0 Å². The van der Waals surface area contributed by atoms with Gasteiger partial charge in [-0.2, -0.15) is 0 Å². The third kappa shape index (κ3) is 3.12. The zero-order chi connectivity index (χ0) is 17.1. The smallest absolute Gasteiger partial charge is 0.320 e. The van der Waals surface area contributed by atoms with Gasteiger partial charge in [-0.3, -0.25) is 14.7 Å². The highest BCUT2D eigenvalue weighted by Crippen LogP contribution is 2.37. The first-order valence-electron chi connectivity index (χ1n) is 8.15. The molecule has 2 aromatic rings. The van der Waals surface area contributed by atoms with Gasteiger partial charge in [-0.15, -0.1) is 0 Å². The normalized spacial score (nSPS) is 19.2. The van der Waals surface area contributed by atoms with Crippen LogP contribution in [0.25, 0.3) is 0 Å². The van der Waals surface area contributed by atoms with E-state index in [-0.39, 0.29) is 6.04 Å². The van der Waals surface area contributed by atoms with Crippen molar-refractivity contribution >= 4 is 5.97 Å². The molecule has 2 heterocycles. The fourth-order valence-corrected chi connectivity index (χ4v) is 3.52. The molecule has 0 aliphatic carbocycles. The van der Waals surface area contributed by atoms with Crippen molar-refractivity contribution in [2.24, 2.45) is 0 Å². The molecule has 2 unspecified atom stereocenters. The highest BCUT2D eigenvalue weighted by molar-refractivity contribution is 5.74. The first kappa shape index (κ1) is 16.5. The van der Waals surface area contributed by atoms with Crippen LogP contribution in [0.4, 0.5) is 0 Å². The van der Waals surface area contributed by atoms with Gasteiger partial charge in [0, 0.05) is 18.9 Å². The number of aliphatic carboxylic acids is 1. The fraction of sp³-hybridized carbons (Fsp3) is 0.368. The predicted octanol–water partition coefficient (Wildman–Crippen LogP) is 3.04. The molecule has 2 atom stereocenters. The third-order valence-electron chi connectivity index (χ3n) is 4.68. The van der Waals surface area contributed by atoms with Crippen LogP contribution in [0, 0.1) is 6.92 Å². The highest BCUT2D eigenvalue weighted by Gasteiger charge is 2.37. The molecule has 1 aliphatic heterocycles. The van der Waals surface area contributed by atoms with Gasteiger partial charge in [-0.1, -0.05) is 12.1 Å². The summed E-state index contributed by atoms with van der Waals surface area (Å²) in [6.45, 7) is 2.78. The largest absolute Gasteiger partial charge is 0.497 e. The van der Waals surface area contributed by atoms with Crippen LogP contribution in [-0.2, 0) is 4.79 Å². The molecular formula is C19H22N2O3. The van der Waals surface area contributed by atoms with Crippen molar-refractivity contribution < 1.29 is 14.6 Å². The first-order chi connectivity index (χ1) is 11.6. The topological polar surface area (TPSA) is 62.7 Å². The Kier molecular flexibility index (Phi) is 4.81. The van der Waals surface area contributed by atoms with E-state index in [9.17, 15) is 9.90 Å². The summed E-state index contributed by atoms with van der Waals surface area (Å²) in [7, 11) is 1.64. The van der Waals surface area contributed by atoms with E-state index >= 15 is 0 Å². The SMILES string of the molecule is COc1cccc(C(c2ccncc2C)N2CCCC2C(=O)O)c1. The van der Waals surface area contributed by atoms with Crippen LogP contribution in [-0.4, -0.2) is 40.7 Å². The van der Waals surface area contributed by atoms with E-state index in [0.717, 1.165) is 35.4 Å². The van der Waals surface area contributed by atoms with E-state index < -0.39 is 12.0 Å². The Morgan fingerprint density at radius 1 is 1.42 bits per heavy atom. The van der Waals surface area contributed by atoms with E-state index in [0.29, 0.717) is 6.42 Å². The summed E-state index contributed by atoms with van der Waals surface area (Å²) in [6.07, 6.45) is 5.16. The number of carboxylic acids is 1. The fourth-order valence-electron chi connectivity index (χ4n) is 3.52. The lowest BCUT2D eigenvalue weighted by molar-refractivity contribution is -0.142. The van der Waals surface area contributed by atoms with Crippen LogP contribution < -0.4 is 4.74 Å². The van der Waals surface area contributed by atoms with Gasteiger partial charge in [-0.25, -0.2) is 0 Å². The maximum absolute atomic E-state index is 11.7. The average molecular weight is 326 g/mol. The summed E-state index contributed by atoms with van der Waals surface area (Å²) in [5, 5.41) is 9.62. The number of benzene rings is 1. The van der Waals surface area contributed by atoms with Gasteiger partial charge < -0.3 is 9.84 Å². The van der Waals surface area contributed by atoms with Crippen molar-refractivity contribution in [1.82, 2.24) is 9.88 Å². The number of likely N-dealkylation sites (tertiary alicyclic amines) is 1. The molecule has 5 heteroatoms. The minimum absolute atomic E-state index is 0.119. The lowest BCUT2D eigenvalue weighted by atomic mass is 9.94. The maximum atomic E-state index is 11.7. The Labute approximate surface area is 141 Å². The number of pyridine rings is 1. The van der Waals surface area contributed by atoms with Gasteiger partial charge >= 0.3 is 5.97 Å². The monoisotopic (exact) mass is 326 g/mol. The summed E-state index contributed by atoms with van der Waals surface area (Å²) >= 11 is 0. The summed E-state index contributed by atoms with van der Waals surface area (Å²) in [6, 6.07) is 9.27. The Morgan fingerprint density at radius 3 is 2.96 bits per heavy atom. The predicted molar refractivity (Wildman–Crippen MR) is 91.2 cm³/mol. The molecule has 1 fully saturated rings. The van der Waals surface area contributed by atoms with Crippen LogP contribution in [0.15, 0.2) is 42.7 Å². The molecule has 1 aromatic heterocycles. The minimum atomic E-state index is -0.757. The second-order valence-corrected chi connectivity index (χ2v) is 6.15. The molecule has 0 saturated carbocycles. The van der Waals surface area contributed by atoms with Crippen LogP contribution >= 0.6 is 0 Å². The molecule has 1 aliphatic rings. The number of rotatable bonds is 5. The first-order valence-corrected chi connectivity index (χ1v) is 8.15. The number of aryl methyl sites for hydroxylation is 1. The number of nitrogens with zero attached hydrogens (tertiary/aromatic N) is 2. The Hall–Kier alpha value is -2.40. The molecule has 0 radical (unpaired) electrons. The summed E-state index contributed by atoms with van der Waals surface area (Å²) < 4.78 is 5.36. The van der Waals surface area contributed by atoms with Crippen LogP contribution in [0.1, 0.15) is 35.6 Å². The lowest BCUT2D eigenvalue weighted by Gasteiger charge is -2.33. The Morgan fingerprint density at radius 2 is 2.25 bits per heavy atom. The molecule has 24 heavy (non-hydrogen) atoms. The number of methoxy groups -OCH3 is 1. The Balaban J connectivity index is 2.10. The van der Waals surface area contributed by atoms with Crippen molar-refractivity contribution in [3.05, 3.63) is 59.4 Å². The van der Waals surface area contributed by atoms with E-state index in [4.69, 9.17) is 4.74 Å². The number of hydrogen-bond acceptors (Lipinski definition) is 4. The second kappa shape index (κ2) is 7.01. The molecule has 1 N–H and O–H groups in total. The van der Waals surface area contributed by atoms with Gasteiger partial charge in [0.05, 0.1) is 13.2 Å². The summed E-state index contributed by atoms with van der Waals surface area (Å²) in [4.78, 5) is 18.0. The molecule has 3 rings (SSSR count). The molecule has 1 aromatic carbocycles. The van der Waals surface area contributed by atoms with Gasteiger partial charge in [-0.05, 0) is 54.7 Å². The van der Waals surface area contributed by atoms with E-state index in [2.05, 4.69) is 9.88 Å². The minimum Gasteiger partial charge on any atom is -0.497 e. The second-order valence-electron chi connectivity index (χ2n) is 6.15. The van der Waals surface area contributed by atoms with Crippen LogP contribution in [0.3, 0.4) is 0 Å². The average Bonchev–Trinajstić information content (AvgIpc) is 3.07. The van der Waals surface area contributed by atoms with E-state index in [1.165, 1.54) is 0 Å². The molecule has 126 valence electrons. The number of carboxylic acid groups (broad SMARTS) is 1. The Bertz CT molecular complexity index is 732. The number of hydrogen-bond donors (Lipinski definition) is 1. The molecule has 0 spiro atoms. The van der Waals surface area contributed by atoms with Crippen LogP contribution in [0.5, 0.6) is 5.75 Å². The number of aromatic nitrogens is 1. The standard InChI is InChI=1S/C19H22N2O3/c1-13-12-20-9-8-16(13)18(14-5-3-6-15(11-14)24-2)21-10-4-7-17(21)19(22)23/h3,5-6,8-9,11-12,17-18H,4,7,10H2,1-2H3,(H,22,23). The van der Waals surface area contributed by atoms with Crippen molar-refractivity contribution in [3.8, 4) is 5.75 Å². The molecule has 0 bridgehead atoms. The van der Waals surface area contributed by atoms with E-state index in [1.54, 1.807) is 13.3 Å². The van der Waals surface area contributed by atoms with E-state index in [1.807, 2.05) is 43.5 Å². The van der Waals surface area contributed by atoms with Crippen molar-refractivity contribution in [2.45, 2.75) is 31.8 Å². The third-order valence-corrected chi connectivity index (χ3v) is 4.68. The summed E-state index contributed by atoms with van der Waals surface area (Å²) in [5.41, 5.74) is 3.18. The van der Waals surface area contributed by atoms with Crippen molar-refractivity contribution in [3.63, 3.8) is 0 Å². The van der Waals surface area contributed by atoms with Gasteiger partial charge in [0.1, 0.15) is 11.8 Å². The molecule has 5 nitrogen and oxygen atoms in total. The highest BCUT2D eigenvalue weighted by atomic mass is 16.5. The maximum Gasteiger partial charge on any atom is 0.320 e. The molecule has 0 amide bonds. The van der Waals surface area contributed by atoms with Gasteiger partial charge in [0.2, 0.25) is 0 Å². The zero-order valence-corrected chi connectivity index (χ0v) is 14.0. The molecule has 1 saturated heterocycles.